The van der Waals surface area contributed by atoms with E-state index in [0.29, 0.717) is 0 Å². The average molecular weight is 235 g/mol. The first-order valence-corrected chi connectivity index (χ1v) is 1.15. The molecule has 0 N–H and O–H groups in total. The molecule has 0 saturated carbocycles. The van der Waals surface area contributed by atoms with Crippen LogP contribution in [0.5, 0.6) is 0 Å². The van der Waals surface area contributed by atoms with Gasteiger partial charge in [0.05, 0.1) is 0 Å². The molecule has 0 saturated heterocycles. The van der Waals surface area contributed by atoms with Crippen molar-refractivity contribution in [3.8, 4) is 0 Å². The van der Waals surface area contributed by atoms with Crippen molar-refractivity contribution < 1.29 is 20.1 Å². The van der Waals surface area contributed by atoms with Crippen molar-refractivity contribution in [2.24, 2.45) is 0 Å². The van der Waals surface area contributed by atoms with Crippen LogP contribution in [0.15, 0.2) is 0 Å². The molecular weight excluding hydrogens is 228 g/mol. The first-order chi connectivity index (χ1) is 1.41. The first kappa shape index (κ1) is 8.82. The molecule has 1 heteroatoms. The molecule has 0 aromatic carbocycles. The van der Waals surface area contributed by atoms with Crippen LogP contribution in [0.2, 0.25) is 0 Å². The maximum absolute atomic E-state index is 2.00. The van der Waals surface area contributed by atoms with Crippen LogP contribution in [0.3, 0.4) is 0 Å². The topological polar surface area (TPSA) is 0 Å². The van der Waals surface area contributed by atoms with E-state index in [1.165, 1.54) is 0 Å². The Morgan fingerprint density at radius 1 is 1.25 bits per heavy atom. The zero-order chi connectivity index (χ0) is 2.71. The van der Waals surface area contributed by atoms with Crippen LogP contribution in [0.4, 0.5) is 0 Å². The number of hydrogen-bond donors (Lipinski definition) is 0. The zero-order valence-corrected chi connectivity index (χ0v) is 5.31. The fourth-order valence-electron chi connectivity index (χ4n) is 0. The summed E-state index contributed by atoms with van der Waals surface area (Å²) in [6, 6.07) is 0. The largest absolute Gasteiger partial charge is 3.00 e. The van der Waals surface area contributed by atoms with E-state index in [0.717, 1.165) is 0 Å². The Kier molecular flexibility index (Phi) is 20.8. The van der Waals surface area contributed by atoms with Gasteiger partial charge in [-0.3, -0.25) is 0 Å². The van der Waals surface area contributed by atoms with Crippen LogP contribution in [0.25, 0.3) is 0 Å². The molecular formula is C3H7Ir+2. The minimum Gasteiger partial charge on any atom is -0.335 e. The molecule has 0 aliphatic carbocycles. The minimum absolute atomic E-state index is 0. The normalized spacial score (nSPS) is 4.50. The Morgan fingerprint density at radius 2 is 1.25 bits per heavy atom. The van der Waals surface area contributed by atoms with Crippen LogP contribution in [-0.2, 0) is 20.1 Å². The summed E-state index contributed by atoms with van der Waals surface area (Å²) in [4.78, 5) is 0. The molecule has 0 spiro atoms. The number of hydrogen-bond acceptors (Lipinski definition) is 0. The predicted octanol–water partition coefficient (Wildman–Crippen LogP) is 1.23. The molecule has 0 heterocycles. The van der Waals surface area contributed by atoms with Gasteiger partial charge in [0, 0.05) is 0 Å². The van der Waals surface area contributed by atoms with Gasteiger partial charge in [0.25, 0.3) is 0 Å². The van der Waals surface area contributed by atoms with Gasteiger partial charge in [-0.05, 0) is 0 Å². The van der Waals surface area contributed by atoms with E-state index >= 15 is 0 Å². The van der Waals surface area contributed by atoms with Gasteiger partial charge < -0.3 is 6.42 Å². The maximum atomic E-state index is 2.00. The molecule has 0 atom stereocenters. The fraction of sp³-hybridized carbons (Fsp3) is 0.667. The summed E-state index contributed by atoms with van der Waals surface area (Å²) in [7, 11) is 0. The van der Waals surface area contributed by atoms with Gasteiger partial charge in [-0.1, -0.05) is 0 Å². The second kappa shape index (κ2) is 9.42. The first-order valence-electron chi connectivity index (χ1n) is 1.15. The molecule has 0 fully saturated rings. The van der Waals surface area contributed by atoms with E-state index in [1.54, 1.807) is 0 Å². The van der Waals surface area contributed by atoms with Crippen LogP contribution in [0, 0.1) is 6.42 Å². The Morgan fingerprint density at radius 3 is 1.25 bits per heavy atom. The van der Waals surface area contributed by atoms with Crippen molar-refractivity contribution in [2.45, 2.75) is 13.8 Å². The van der Waals surface area contributed by atoms with E-state index in [2.05, 4.69) is 0 Å². The van der Waals surface area contributed by atoms with Gasteiger partial charge in [-0.2, -0.15) is 13.8 Å². The summed E-state index contributed by atoms with van der Waals surface area (Å²) in [5.74, 6) is 0. The van der Waals surface area contributed by atoms with Crippen molar-refractivity contribution >= 4 is 0 Å². The molecule has 0 aliphatic rings. The smallest absolute Gasteiger partial charge is 0.335 e. The summed E-state index contributed by atoms with van der Waals surface area (Å²) in [6.45, 7) is 4.00. The summed E-state index contributed by atoms with van der Waals surface area (Å²) in [6.07, 6.45) is 2.00. The minimum atomic E-state index is 0. The van der Waals surface area contributed by atoms with E-state index in [9.17, 15) is 0 Å². The van der Waals surface area contributed by atoms with Crippen LogP contribution in [0.1, 0.15) is 13.8 Å². The standard InChI is InChI=1S/C3H7.Ir/c1-3-2;/h3H,1-2H3;/q-1;+3. The van der Waals surface area contributed by atoms with Gasteiger partial charge in [0.1, 0.15) is 0 Å². The SMILES string of the molecule is C[CH-]C.[Ir+3]. The molecule has 0 aliphatic heterocycles. The van der Waals surface area contributed by atoms with Crippen LogP contribution in [-0.4, -0.2) is 0 Å². The predicted molar refractivity (Wildman–Crippen MR) is 15.6 cm³/mol. The van der Waals surface area contributed by atoms with E-state index in [-0.39, 0.29) is 20.1 Å². The average Bonchev–Trinajstić information content (AvgIpc) is 0.918. The molecule has 0 bridgehead atoms. The zero-order valence-electron chi connectivity index (χ0n) is 2.91. The van der Waals surface area contributed by atoms with Gasteiger partial charge in [-0.25, -0.2) is 0 Å². The third-order valence-corrected chi connectivity index (χ3v) is 0. The van der Waals surface area contributed by atoms with Crippen molar-refractivity contribution in [1.29, 1.82) is 0 Å². The molecule has 26 valence electrons. The van der Waals surface area contributed by atoms with Crippen molar-refractivity contribution in [1.82, 2.24) is 0 Å². The number of rotatable bonds is 0. The molecule has 0 nitrogen and oxygen atoms in total. The molecule has 0 aromatic heterocycles. The summed E-state index contributed by atoms with van der Waals surface area (Å²) < 4.78 is 0. The Bertz CT molecular complexity index is 3.25. The monoisotopic (exact) mass is 236 g/mol. The van der Waals surface area contributed by atoms with Gasteiger partial charge >= 0.3 is 20.1 Å². The molecule has 0 aromatic rings. The van der Waals surface area contributed by atoms with Crippen LogP contribution >= 0.6 is 0 Å². The van der Waals surface area contributed by atoms with E-state index in [1.807, 2.05) is 20.3 Å². The molecule has 0 amide bonds. The Balaban J connectivity index is 0. The second-order valence-electron chi connectivity index (χ2n) is 0.577. The van der Waals surface area contributed by atoms with Crippen LogP contribution < -0.4 is 0 Å². The Hall–Kier alpha value is 0.649. The van der Waals surface area contributed by atoms with E-state index < -0.39 is 0 Å². The van der Waals surface area contributed by atoms with Gasteiger partial charge in [-0.15, -0.1) is 0 Å². The Labute approximate surface area is 40.9 Å². The van der Waals surface area contributed by atoms with Crippen molar-refractivity contribution in [2.75, 3.05) is 0 Å². The van der Waals surface area contributed by atoms with Gasteiger partial charge in [0.15, 0.2) is 0 Å². The summed E-state index contributed by atoms with van der Waals surface area (Å²) in [5.41, 5.74) is 0. The fourth-order valence-corrected chi connectivity index (χ4v) is 0. The quantitative estimate of drug-likeness (QED) is 0.554. The summed E-state index contributed by atoms with van der Waals surface area (Å²) in [5, 5.41) is 0. The van der Waals surface area contributed by atoms with E-state index in [4.69, 9.17) is 0 Å². The van der Waals surface area contributed by atoms with Crippen molar-refractivity contribution in [3.05, 3.63) is 6.42 Å². The van der Waals surface area contributed by atoms with Crippen molar-refractivity contribution in [3.63, 3.8) is 0 Å². The molecule has 0 radical (unpaired) electrons. The summed E-state index contributed by atoms with van der Waals surface area (Å²) >= 11 is 0. The third-order valence-electron chi connectivity index (χ3n) is 0. The second-order valence-corrected chi connectivity index (χ2v) is 0.577. The molecule has 4 heavy (non-hydrogen) atoms. The third kappa shape index (κ3) is 17.1. The van der Waals surface area contributed by atoms with Gasteiger partial charge in [0.2, 0.25) is 0 Å². The molecule has 0 rings (SSSR count). The molecule has 0 unspecified atom stereocenters. The maximum Gasteiger partial charge on any atom is 3.00 e.